The number of thiophene rings is 4. The average Bonchev–Trinajstić information content (AvgIpc) is 3.67. The number of nitrogens with zero attached hydrogens (tertiary/aromatic N) is 1. The highest BCUT2D eigenvalue weighted by molar-refractivity contribution is 7.13. The molecule has 5 aromatic rings. The van der Waals surface area contributed by atoms with Gasteiger partial charge in [-0.2, -0.15) is 34.0 Å². The van der Waals surface area contributed by atoms with Gasteiger partial charge in [0.1, 0.15) is 0 Å². The van der Waals surface area contributed by atoms with Gasteiger partial charge in [0, 0.05) is 21.8 Å². The Kier molecular flexibility index (Phi) is 4.36. The molecule has 0 aliphatic carbocycles. The summed E-state index contributed by atoms with van der Waals surface area (Å²) >= 11 is 7.21. The number of fused-ring (bicyclic) bond motifs is 2. The van der Waals surface area contributed by atoms with E-state index in [4.69, 9.17) is 0 Å². The minimum atomic E-state index is -1.28. The minimum absolute atomic E-state index is 0.997. The van der Waals surface area contributed by atoms with Gasteiger partial charge in [-0.25, -0.2) is 0 Å². The summed E-state index contributed by atoms with van der Waals surface area (Å²) < 4.78 is 2.70. The van der Waals surface area contributed by atoms with Crippen LogP contribution in [0.4, 0.5) is 0 Å². The zero-order valence-electron chi connectivity index (χ0n) is 17.1. The van der Waals surface area contributed by atoms with Crippen LogP contribution in [0, 0.1) is 0 Å². The maximum Gasteiger partial charge on any atom is 0.369 e. The normalized spacial score (nSPS) is 18.8. The van der Waals surface area contributed by atoms with E-state index in [0.29, 0.717) is 0 Å². The van der Waals surface area contributed by atoms with Crippen LogP contribution in [0.25, 0.3) is 16.8 Å². The molecule has 0 bridgehead atoms. The van der Waals surface area contributed by atoms with Crippen molar-refractivity contribution in [2.45, 2.75) is 0 Å². The van der Waals surface area contributed by atoms with E-state index in [-0.39, 0.29) is 0 Å². The van der Waals surface area contributed by atoms with Crippen LogP contribution in [-0.2, 0) is 0 Å². The molecule has 0 spiro atoms. The van der Waals surface area contributed by atoms with Crippen LogP contribution in [0.2, 0.25) is 0 Å². The lowest BCUT2D eigenvalue weighted by Crippen LogP contribution is -3.26. The van der Waals surface area contributed by atoms with Crippen LogP contribution in [0.5, 0.6) is 0 Å². The van der Waals surface area contributed by atoms with E-state index < -0.39 is 6.42 Å². The predicted octanol–water partition coefficient (Wildman–Crippen LogP) is 4.73. The summed E-state index contributed by atoms with van der Waals surface area (Å²) in [7, 11) is 0. The Morgan fingerprint density at radius 3 is 2.19 bits per heavy atom. The van der Waals surface area contributed by atoms with E-state index in [1.807, 2.05) is 11.3 Å². The van der Waals surface area contributed by atoms with E-state index in [9.17, 15) is 0 Å². The molecule has 1 atom stereocenters. The fourth-order valence-electron chi connectivity index (χ4n) is 5.77. The summed E-state index contributed by atoms with van der Waals surface area (Å²) in [5.74, 6) is 0. The Balaban J connectivity index is 1.66. The van der Waals surface area contributed by atoms with Crippen LogP contribution in [0.3, 0.4) is 0 Å². The molecule has 2 nitrogen and oxygen atoms in total. The van der Waals surface area contributed by atoms with E-state index in [0.717, 1.165) is 6.54 Å². The largest absolute Gasteiger partial charge is 0.462 e. The van der Waals surface area contributed by atoms with Crippen molar-refractivity contribution in [2.24, 2.45) is 0 Å². The summed E-state index contributed by atoms with van der Waals surface area (Å²) in [6.07, 6.45) is 3.46. The molecule has 0 fully saturated rings. The van der Waals surface area contributed by atoms with Gasteiger partial charge in [0.05, 0.1) is 17.8 Å². The second-order valence-corrected chi connectivity index (χ2v) is 11.6. The third-order valence-corrected chi connectivity index (χ3v) is 9.91. The van der Waals surface area contributed by atoms with Crippen molar-refractivity contribution >= 4 is 68.3 Å². The molecule has 1 N–H and O–H groups in total. The molecule has 0 amide bonds. The maximum absolute atomic E-state index is 2.70. The molecule has 7 heterocycles. The van der Waals surface area contributed by atoms with Crippen LogP contribution >= 0.6 is 45.3 Å². The van der Waals surface area contributed by atoms with Gasteiger partial charge in [0.25, 0.3) is 0 Å². The number of hydrogen-bond donors (Lipinski definition) is 1. The monoisotopic (exact) mass is 486 g/mol. The van der Waals surface area contributed by atoms with Crippen LogP contribution in [0.15, 0.2) is 98.0 Å². The summed E-state index contributed by atoms with van der Waals surface area (Å²) in [4.78, 5) is 2.89. The van der Waals surface area contributed by atoms with E-state index in [1.54, 1.807) is 38.8 Å². The summed E-state index contributed by atoms with van der Waals surface area (Å²) in [6, 6.07) is 16.1. The van der Waals surface area contributed by atoms with Gasteiger partial charge >= 0.3 is 6.42 Å². The maximum atomic E-state index is 2.70. The van der Waals surface area contributed by atoms with E-state index in [2.05, 4.69) is 96.8 Å². The Morgan fingerprint density at radius 2 is 1.53 bits per heavy atom. The van der Waals surface area contributed by atoms with Crippen molar-refractivity contribution in [3.63, 3.8) is 0 Å². The number of hydrogen-bond acceptors (Lipinski definition) is 4. The van der Waals surface area contributed by atoms with Crippen LogP contribution < -0.4 is 15.7 Å². The van der Waals surface area contributed by atoms with Gasteiger partial charge in [-0.1, -0.05) is 18.2 Å². The lowest BCUT2D eigenvalue weighted by atomic mass is 9.35. The minimum Gasteiger partial charge on any atom is -0.462 e. The summed E-state index contributed by atoms with van der Waals surface area (Å²) in [5, 5.41) is 15.9. The lowest BCUT2D eigenvalue weighted by Gasteiger charge is -2.51. The number of rotatable bonds is 4. The van der Waals surface area contributed by atoms with Crippen molar-refractivity contribution in [3.05, 3.63) is 109 Å². The van der Waals surface area contributed by atoms with Gasteiger partial charge in [-0.3, -0.25) is 0 Å². The van der Waals surface area contributed by atoms with Crippen LogP contribution in [0.1, 0.15) is 10.6 Å². The van der Waals surface area contributed by atoms with Gasteiger partial charge in [0.15, 0.2) is 0 Å². The molecule has 7 rings (SSSR count). The van der Waals surface area contributed by atoms with Gasteiger partial charge in [-0.15, -0.1) is 22.3 Å². The highest BCUT2D eigenvalue weighted by Crippen LogP contribution is 2.38. The molecule has 1 unspecified atom stereocenters. The molecule has 2 aliphatic heterocycles. The standard InChI is InChI=1S/C25H19BN2S4/c1-3-22-25(24-4-2-11-32-24)23-6-5-21(18-7-12-29-15-18)28(23)26(27(22)10-1,19-8-13-30-16-19)20-9-14-31-17-20/h1-9,11-17,27H,10H2. The quantitative estimate of drug-likeness (QED) is 0.352. The number of allylic oxidation sites excluding steroid dienone is 1. The second-order valence-electron chi connectivity index (χ2n) is 8.32. The van der Waals surface area contributed by atoms with E-state index in [1.165, 1.54) is 44.0 Å². The molecule has 0 saturated heterocycles. The summed E-state index contributed by atoms with van der Waals surface area (Å²) in [6.45, 7) is 0.997. The molecule has 5 aromatic heterocycles. The summed E-state index contributed by atoms with van der Waals surface area (Å²) in [5.41, 5.74) is 9.59. The van der Waals surface area contributed by atoms with Crippen molar-refractivity contribution in [1.29, 1.82) is 0 Å². The topological polar surface area (TPSA) is 9.37 Å². The Morgan fingerprint density at radius 1 is 0.781 bits per heavy atom. The highest BCUT2D eigenvalue weighted by Gasteiger charge is 2.51. The molecule has 2 aliphatic rings. The third kappa shape index (κ3) is 2.48. The zero-order valence-corrected chi connectivity index (χ0v) is 20.4. The lowest BCUT2D eigenvalue weighted by molar-refractivity contribution is -0.736. The first-order valence-electron chi connectivity index (χ1n) is 10.7. The first-order valence-corrected chi connectivity index (χ1v) is 14.4. The Hall–Kier alpha value is -2.42. The number of quaternary nitrogens is 1. The molecule has 0 saturated carbocycles. The number of aromatic nitrogens is 1. The molecular weight excluding hydrogens is 467 g/mol. The highest BCUT2D eigenvalue weighted by atomic mass is 32.1. The number of nitrogens with one attached hydrogen (secondary N) is 1. The first kappa shape index (κ1) is 19.1. The molecular formula is C25H19BN2S4. The second kappa shape index (κ2) is 7.30. The van der Waals surface area contributed by atoms with Gasteiger partial charge in [-0.05, 0) is 74.1 Å². The zero-order chi connectivity index (χ0) is 21.1. The molecule has 0 radical (unpaired) electrons. The third-order valence-electron chi connectivity index (χ3n) is 6.94. The first-order chi connectivity index (χ1) is 15.9. The van der Waals surface area contributed by atoms with Crippen molar-refractivity contribution in [3.8, 4) is 11.3 Å². The van der Waals surface area contributed by atoms with Gasteiger partial charge in [0.2, 0.25) is 0 Å². The predicted molar refractivity (Wildman–Crippen MR) is 142 cm³/mol. The van der Waals surface area contributed by atoms with Crippen LogP contribution in [-0.4, -0.2) is 17.4 Å². The fraction of sp³-hybridized carbons (Fsp3) is 0.0400. The SMILES string of the molecule is C1=CC2=C(c3cccs3)c3ccc(-c4ccsc4)n3[B-](c3ccsc3)(c3ccsc3)[NH+]2C1. The molecule has 32 heavy (non-hydrogen) atoms. The van der Waals surface area contributed by atoms with Crippen molar-refractivity contribution < 1.29 is 4.81 Å². The average molecular weight is 487 g/mol. The van der Waals surface area contributed by atoms with Crippen molar-refractivity contribution in [2.75, 3.05) is 6.54 Å². The van der Waals surface area contributed by atoms with Gasteiger partial charge < -0.3 is 9.29 Å². The molecule has 0 aromatic carbocycles. The Bertz CT molecular complexity index is 1400. The van der Waals surface area contributed by atoms with E-state index >= 15 is 0 Å². The van der Waals surface area contributed by atoms with Crippen molar-refractivity contribution in [1.82, 2.24) is 4.48 Å². The Labute approximate surface area is 203 Å². The smallest absolute Gasteiger partial charge is 0.369 e. The molecule has 7 heteroatoms. The molecule has 156 valence electrons. The fourth-order valence-corrected chi connectivity index (χ4v) is 8.70.